The van der Waals surface area contributed by atoms with Crippen LogP contribution in [0.15, 0.2) is 53.6 Å². The smallest absolute Gasteiger partial charge is 0.368 e. The minimum atomic E-state index is -4.51. The lowest BCUT2D eigenvalue weighted by Gasteiger charge is -2.33. The Morgan fingerprint density at radius 1 is 1.12 bits per heavy atom. The molecule has 1 atom stereocenters. The van der Waals surface area contributed by atoms with E-state index in [4.69, 9.17) is 16.6 Å². The molecule has 11 heteroatoms. The summed E-state index contributed by atoms with van der Waals surface area (Å²) >= 11 is 8.08. The molecule has 5 rings (SSSR count). The van der Waals surface area contributed by atoms with E-state index in [1.165, 1.54) is 6.20 Å². The normalized spacial score (nSPS) is 17.0. The predicted molar refractivity (Wildman–Crippen MR) is 121 cm³/mol. The molecule has 0 amide bonds. The highest BCUT2D eigenvalue weighted by Gasteiger charge is 2.31. The van der Waals surface area contributed by atoms with Crippen LogP contribution < -0.4 is 10.5 Å². The Hall–Kier alpha value is -2.98. The lowest BCUT2D eigenvalue weighted by molar-refractivity contribution is -0.137. The van der Waals surface area contributed by atoms with Gasteiger partial charge in [-0.05, 0) is 37.1 Å². The van der Waals surface area contributed by atoms with Crippen molar-refractivity contribution in [3.05, 3.63) is 74.7 Å². The maximum absolute atomic E-state index is 12.9. The van der Waals surface area contributed by atoms with Gasteiger partial charge in [-0.2, -0.15) is 23.0 Å². The second kappa shape index (κ2) is 8.42. The van der Waals surface area contributed by atoms with Crippen LogP contribution >= 0.6 is 22.9 Å². The highest BCUT2D eigenvalue weighted by Crippen LogP contribution is 2.35. The van der Waals surface area contributed by atoms with Crippen LogP contribution in [0.4, 0.5) is 18.9 Å². The fourth-order valence-electron chi connectivity index (χ4n) is 3.95. The molecule has 0 aliphatic carbocycles. The number of nitrogens with zero attached hydrogens (tertiary/aromatic N) is 5. The van der Waals surface area contributed by atoms with Crippen molar-refractivity contribution in [2.45, 2.75) is 24.9 Å². The Kier molecular flexibility index (Phi) is 5.57. The monoisotopic (exact) mass is 491 g/mol. The molecule has 0 unspecified atom stereocenters. The van der Waals surface area contributed by atoms with Gasteiger partial charge in [0.25, 0.3) is 5.56 Å². The summed E-state index contributed by atoms with van der Waals surface area (Å²) in [5.41, 5.74) is -0.0728. The summed E-state index contributed by atoms with van der Waals surface area (Å²) < 4.78 is 40.4. The molecule has 6 nitrogen and oxygen atoms in total. The van der Waals surface area contributed by atoms with E-state index in [0.717, 1.165) is 44.9 Å². The summed E-state index contributed by atoms with van der Waals surface area (Å²) in [5, 5.41) is 5.13. The molecule has 4 aromatic rings. The number of alkyl halides is 3. The predicted octanol–water partition coefficient (Wildman–Crippen LogP) is 5.29. The van der Waals surface area contributed by atoms with Crippen LogP contribution in [0.1, 0.15) is 29.3 Å². The van der Waals surface area contributed by atoms with Crippen molar-refractivity contribution in [2.24, 2.45) is 0 Å². The number of piperidine rings is 1. The lowest BCUT2D eigenvalue weighted by Crippen LogP contribution is -2.36. The maximum atomic E-state index is 12.9. The van der Waals surface area contributed by atoms with E-state index in [-0.39, 0.29) is 16.8 Å². The zero-order chi connectivity index (χ0) is 23.2. The number of hydrogen-bond acceptors (Lipinski definition) is 6. The number of halogens is 4. The molecule has 0 N–H and O–H groups in total. The molecular weight excluding hydrogens is 475 g/mol. The first-order valence-corrected chi connectivity index (χ1v) is 11.4. The summed E-state index contributed by atoms with van der Waals surface area (Å²) in [5.74, 6) is 0.165. The lowest BCUT2D eigenvalue weighted by atomic mass is 9.98. The van der Waals surface area contributed by atoms with Crippen LogP contribution in [-0.4, -0.2) is 32.8 Å². The van der Waals surface area contributed by atoms with Crippen LogP contribution in [-0.2, 0) is 6.18 Å². The van der Waals surface area contributed by atoms with Crippen LogP contribution in [0.5, 0.6) is 0 Å². The molecule has 170 valence electrons. The number of thiazole rings is 1. The third-order valence-electron chi connectivity index (χ3n) is 5.61. The number of aromatic nitrogens is 4. The van der Waals surface area contributed by atoms with Gasteiger partial charge in [0.15, 0.2) is 5.82 Å². The molecule has 1 fully saturated rings. The number of pyridine rings is 1. The highest BCUT2D eigenvalue weighted by atomic mass is 35.5. The number of hydrogen-bond donors (Lipinski definition) is 0. The maximum Gasteiger partial charge on any atom is 0.417 e. The molecule has 0 saturated carbocycles. The Labute approximate surface area is 195 Å². The van der Waals surface area contributed by atoms with E-state index in [9.17, 15) is 18.0 Å². The third-order valence-corrected chi connectivity index (χ3v) is 7.17. The van der Waals surface area contributed by atoms with Crippen LogP contribution in [0.25, 0.3) is 16.0 Å². The zero-order valence-electron chi connectivity index (χ0n) is 17.1. The Bertz CT molecular complexity index is 1340. The molecule has 0 radical (unpaired) electrons. The molecule has 1 aliphatic heterocycles. The second-order valence-corrected chi connectivity index (χ2v) is 9.21. The van der Waals surface area contributed by atoms with Gasteiger partial charge in [-0.3, -0.25) is 4.79 Å². The first kappa shape index (κ1) is 21.8. The molecule has 1 saturated heterocycles. The van der Waals surface area contributed by atoms with Crippen molar-refractivity contribution in [1.82, 2.24) is 19.7 Å². The van der Waals surface area contributed by atoms with Crippen molar-refractivity contribution in [2.75, 3.05) is 18.0 Å². The number of benzene rings is 1. The van der Waals surface area contributed by atoms with Gasteiger partial charge in [-0.1, -0.05) is 23.7 Å². The van der Waals surface area contributed by atoms with Gasteiger partial charge >= 0.3 is 6.18 Å². The summed E-state index contributed by atoms with van der Waals surface area (Å²) in [6, 6.07) is 9.94. The Morgan fingerprint density at radius 2 is 1.94 bits per heavy atom. The van der Waals surface area contributed by atoms with Gasteiger partial charge in [-0.25, -0.2) is 9.97 Å². The first-order chi connectivity index (χ1) is 15.8. The zero-order valence-corrected chi connectivity index (χ0v) is 18.7. The number of rotatable bonds is 3. The standard InChI is InChI=1S/C22H17ClF3N5OS/c23-19-16(11-28-31(21(19)32)18-8-7-14(10-27-18)22(24,25)26)30-9-3-4-13(12-30)20-29-15-5-1-2-6-17(15)33-20/h1-2,5-8,10-11,13H,3-4,9,12H2/t13-/m0/s1. The van der Waals surface area contributed by atoms with Gasteiger partial charge < -0.3 is 4.90 Å². The summed E-state index contributed by atoms with van der Waals surface area (Å²) in [7, 11) is 0. The van der Waals surface area contributed by atoms with Gasteiger partial charge in [-0.15, -0.1) is 11.3 Å². The van der Waals surface area contributed by atoms with Gasteiger partial charge in [0.2, 0.25) is 0 Å². The molecular formula is C22H17ClF3N5OS. The molecule has 1 aliphatic rings. The molecule has 0 bridgehead atoms. The van der Waals surface area contributed by atoms with Gasteiger partial charge in [0, 0.05) is 25.2 Å². The topological polar surface area (TPSA) is 63.9 Å². The largest absolute Gasteiger partial charge is 0.417 e. The Balaban J connectivity index is 1.41. The van der Waals surface area contributed by atoms with Crippen LogP contribution in [0.3, 0.4) is 0 Å². The summed E-state index contributed by atoms with van der Waals surface area (Å²) in [6.07, 6.45) is -0.504. The molecule has 4 heterocycles. The minimum absolute atomic E-state index is 0.0348. The van der Waals surface area contributed by atoms with Crippen LogP contribution in [0, 0.1) is 0 Å². The van der Waals surface area contributed by atoms with E-state index < -0.39 is 17.3 Å². The van der Waals surface area contributed by atoms with Gasteiger partial charge in [0.05, 0.1) is 32.7 Å². The van der Waals surface area contributed by atoms with Crippen molar-refractivity contribution in [1.29, 1.82) is 0 Å². The Morgan fingerprint density at radius 3 is 2.67 bits per heavy atom. The van der Waals surface area contributed by atoms with E-state index >= 15 is 0 Å². The number of fused-ring (bicyclic) bond motifs is 1. The highest BCUT2D eigenvalue weighted by molar-refractivity contribution is 7.18. The molecule has 3 aromatic heterocycles. The fraction of sp³-hybridized carbons (Fsp3) is 0.273. The third kappa shape index (κ3) is 4.20. The van der Waals surface area contributed by atoms with Crippen molar-refractivity contribution < 1.29 is 13.2 Å². The van der Waals surface area contributed by atoms with E-state index in [1.807, 2.05) is 29.2 Å². The van der Waals surface area contributed by atoms with Crippen LogP contribution in [0.2, 0.25) is 5.02 Å². The van der Waals surface area contributed by atoms with Crippen molar-refractivity contribution in [3.8, 4) is 5.82 Å². The first-order valence-electron chi connectivity index (χ1n) is 10.2. The van der Waals surface area contributed by atoms with E-state index in [2.05, 4.69) is 10.1 Å². The van der Waals surface area contributed by atoms with E-state index in [0.29, 0.717) is 25.0 Å². The average Bonchev–Trinajstić information content (AvgIpc) is 3.25. The van der Waals surface area contributed by atoms with Crippen molar-refractivity contribution >= 4 is 38.8 Å². The average molecular weight is 492 g/mol. The molecule has 1 aromatic carbocycles. The summed E-state index contributed by atoms with van der Waals surface area (Å²) in [4.78, 5) is 23.4. The number of para-hydroxylation sites is 1. The van der Waals surface area contributed by atoms with E-state index in [1.54, 1.807) is 11.3 Å². The van der Waals surface area contributed by atoms with Crippen molar-refractivity contribution in [3.63, 3.8) is 0 Å². The second-order valence-electron chi connectivity index (χ2n) is 7.77. The van der Waals surface area contributed by atoms with Gasteiger partial charge in [0.1, 0.15) is 5.02 Å². The number of anilines is 1. The minimum Gasteiger partial charge on any atom is -0.368 e. The fourth-order valence-corrected chi connectivity index (χ4v) is 5.29. The quantitative estimate of drug-likeness (QED) is 0.389. The molecule has 33 heavy (non-hydrogen) atoms. The molecule has 0 spiro atoms. The SMILES string of the molecule is O=c1c(Cl)c(N2CCC[C@H](c3nc4ccccc4s3)C2)cnn1-c1ccc(C(F)(F)F)cn1. The summed E-state index contributed by atoms with van der Waals surface area (Å²) in [6.45, 7) is 1.36.